The molecule has 0 spiro atoms. The van der Waals surface area contributed by atoms with Gasteiger partial charge in [0.15, 0.2) is 17.7 Å². The quantitative estimate of drug-likeness (QED) is 0.650. The van der Waals surface area contributed by atoms with Gasteiger partial charge in [-0.05, 0) is 19.1 Å². The summed E-state index contributed by atoms with van der Waals surface area (Å²) in [4.78, 5) is 11.5. The van der Waals surface area contributed by atoms with Gasteiger partial charge in [0.05, 0.1) is 14.2 Å². The van der Waals surface area contributed by atoms with Gasteiger partial charge < -0.3 is 19.5 Å². The summed E-state index contributed by atoms with van der Waals surface area (Å²) in [5, 5.41) is 2.93. The lowest BCUT2D eigenvalue weighted by Gasteiger charge is -2.10. The highest BCUT2D eigenvalue weighted by Crippen LogP contribution is 2.32. The van der Waals surface area contributed by atoms with Crippen molar-refractivity contribution in [1.82, 2.24) is 5.32 Å². The topological polar surface area (TPSA) is 56.8 Å². The third kappa shape index (κ3) is 2.25. The summed E-state index contributed by atoms with van der Waals surface area (Å²) in [6.45, 7) is 1.77. The van der Waals surface area contributed by atoms with E-state index < -0.39 is 0 Å². The second kappa shape index (κ2) is 5.00. The van der Waals surface area contributed by atoms with Crippen LogP contribution in [0.3, 0.4) is 0 Å². The predicted molar refractivity (Wildman–Crippen MR) is 66.2 cm³/mol. The predicted octanol–water partition coefficient (Wildman–Crippen LogP) is 1.54. The summed E-state index contributed by atoms with van der Waals surface area (Å²) in [5.41, 5.74) is 1.17. The van der Waals surface area contributed by atoms with E-state index in [0.717, 1.165) is 5.56 Å². The Bertz CT molecular complexity index is 496. The van der Waals surface area contributed by atoms with Crippen LogP contribution in [0, 0.1) is 0 Å². The summed E-state index contributed by atoms with van der Waals surface area (Å²) in [7, 11) is 3.13. The molecule has 1 fully saturated rings. The molecule has 5 heteroatoms. The molecule has 5 nitrogen and oxygen atoms in total. The lowest BCUT2D eigenvalue weighted by molar-refractivity contribution is -0.138. The van der Waals surface area contributed by atoms with Crippen molar-refractivity contribution in [3.63, 3.8) is 0 Å². The van der Waals surface area contributed by atoms with Crippen LogP contribution in [-0.2, 0) is 9.53 Å². The zero-order chi connectivity index (χ0) is 13.1. The number of esters is 1. The first kappa shape index (κ1) is 12.3. The fourth-order valence-corrected chi connectivity index (χ4v) is 1.81. The first-order valence-electron chi connectivity index (χ1n) is 5.56. The van der Waals surface area contributed by atoms with Gasteiger partial charge in [-0.15, -0.1) is 0 Å². The monoisotopic (exact) mass is 249 g/mol. The average Bonchev–Trinajstić information content (AvgIpc) is 2.67. The Morgan fingerprint density at radius 3 is 2.67 bits per heavy atom. The van der Waals surface area contributed by atoms with Crippen LogP contribution in [0.15, 0.2) is 23.9 Å². The molecule has 1 aliphatic rings. The van der Waals surface area contributed by atoms with Crippen molar-refractivity contribution in [1.29, 1.82) is 0 Å². The van der Waals surface area contributed by atoms with Crippen molar-refractivity contribution in [3.05, 3.63) is 29.5 Å². The Hall–Kier alpha value is -2.17. The van der Waals surface area contributed by atoms with Crippen LogP contribution in [0.4, 0.5) is 0 Å². The van der Waals surface area contributed by atoms with E-state index in [4.69, 9.17) is 14.2 Å². The van der Waals surface area contributed by atoms with E-state index in [1.54, 1.807) is 33.3 Å². The van der Waals surface area contributed by atoms with Crippen molar-refractivity contribution < 1.29 is 19.0 Å². The molecular weight excluding hydrogens is 234 g/mol. The average molecular weight is 249 g/mol. The van der Waals surface area contributed by atoms with E-state index >= 15 is 0 Å². The van der Waals surface area contributed by atoms with E-state index in [2.05, 4.69) is 5.32 Å². The Kier molecular flexibility index (Phi) is 3.41. The molecule has 2 rings (SSSR count). The normalized spacial score (nSPS) is 20.5. The van der Waals surface area contributed by atoms with Crippen LogP contribution in [0.2, 0.25) is 0 Å². The molecule has 0 saturated carbocycles. The summed E-state index contributed by atoms with van der Waals surface area (Å²) in [5.74, 6) is 0.834. The number of carbonyl (C=O) groups is 1. The largest absolute Gasteiger partial charge is 0.493 e. The highest BCUT2D eigenvalue weighted by atomic mass is 16.6. The summed E-state index contributed by atoms with van der Waals surface area (Å²) in [6.07, 6.45) is 1.38. The van der Waals surface area contributed by atoms with Gasteiger partial charge in [0, 0.05) is 5.56 Å². The molecule has 0 aromatic heterocycles. The zero-order valence-electron chi connectivity index (χ0n) is 10.5. The van der Waals surface area contributed by atoms with Gasteiger partial charge in [0.25, 0.3) is 0 Å². The number of benzene rings is 1. The van der Waals surface area contributed by atoms with E-state index in [1.165, 1.54) is 0 Å². The van der Waals surface area contributed by atoms with Crippen molar-refractivity contribution in [2.45, 2.75) is 13.2 Å². The first-order chi connectivity index (χ1) is 8.65. The van der Waals surface area contributed by atoms with Crippen LogP contribution < -0.4 is 14.8 Å². The minimum Gasteiger partial charge on any atom is -0.493 e. The highest BCUT2D eigenvalue weighted by molar-refractivity contribution is 5.95. The van der Waals surface area contributed by atoms with Crippen LogP contribution in [0.25, 0.3) is 6.08 Å². The van der Waals surface area contributed by atoms with Crippen molar-refractivity contribution in [3.8, 4) is 11.5 Å². The van der Waals surface area contributed by atoms with Crippen LogP contribution in [-0.4, -0.2) is 26.4 Å². The number of hydrogen-bond acceptors (Lipinski definition) is 5. The SMILES string of the molecule is COc1cccc(/C=C2\NC(C)OC2=O)c1OC. The molecule has 1 heterocycles. The maximum atomic E-state index is 11.5. The fraction of sp³-hybridized carbons (Fsp3) is 0.308. The third-order valence-electron chi connectivity index (χ3n) is 2.60. The minimum absolute atomic E-state index is 0.305. The van der Waals surface area contributed by atoms with Gasteiger partial charge in [-0.25, -0.2) is 4.79 Å². The van der Waals surface area contributed by atoms with Gasteiger partial charge >= 0.3 is 5.97 Å². The molecule has 96 valence electrons. The molecule has 1 atom stereocenters. The van der Waals surface area contributed by atoms with Gasteiger partial charge in [-0.1, -0.05) is 12.1 Å². The van der Waals surface area contributed by atoms with Crippen molar-refractivity contribution >= 4 is 12.0 Å². The Labute approximate surface area is 105 Å². The van der Waals surface area contributed by atoms with Gasteiger partial charge in [0.2, 0.25) is 0 Å². The van der Waals surface area contributed by atoms with Crippen LogP contribution in [0.5, 0.6) is 11.5 Å². The van der Waals surface area contributed by atoms with Crippen molar-refractivity contribution in [2.75, 3.05) is 14.2 Å². The third-order valence-corrected chi connectivity index (χ3v) is 2.60. The Balaban J connectivity index is 2.40. The smallest absolute Gasteiger partial charge is 0.356 e. The zero-order valence-corrected chi connectivity index (χ0v) is 10.5. The Morgan fingerprint density at radius 1 is 1.33 bits per heavy atom. The molecule has 0 amide bonds. The molecule has 1 aromatic carbocycles. The molecule has 1 unspecified atom stereocenters. The number of methoxy groups -OCH3 is 2. The van der Waals surface area contributed by atoms with Crippen LogP contribution in [0.1, 0.15) is 12.5 Å². The molecule has 1 aromatic rings. The number of carbonyl (C=O) groups excluding carboxylic acids is 1. The molecule has 18 heavy (non-hydrogen) atoms. The molecule has 0 bridgehead atoms. The minimum atomic E-state index is -0.368. The summed E-state index contributed by atoms with van der Waals surface area (Å²) >= 11 is 0. The number of hydrogen-bond donors (Lipinski definition) is 1. The Morgan fingerprint density at radius 2 is 2.11 bits per heavy atom. The number of rotatable bonds is 3. The first-order valence-corrected chi connectivity index (χ1v) is 5.56. The molecule has 0 aliphatic carbocycles. The summed E-state index contributed by atoms with van der Waals surface area (Å²) in [6, 6.07) is 5.47. The van der Waals surface area contributed by atoms with Gasteiger partial charge in [-0.3, -0.25) is 0 Å². The highest BCUT2D eigenvalue weighted by Gasteiger charge is 2.24. The molecule has 1 aliphatic heterocycles. The number of para-hydroxylation sites is 1. The van der Waals surface area contributed by atoms with Gasteiger partial charge in [0.1, 0.15) is 5.70 Å². The van der Waals surface area contributed by atoms with E-state index in [1.807, 2.05) is 12.1 Å². The number of nitrogens with one attached hydrogen (secondary N) is 1. The molecule has 0 radical (unpaired) electrons. The van der Waals surface area contributed by atoms with E-state index in [-0.39, 0.29) is 12.2 Å². The molecular formula is C13H15NO4. The van der Waals surface area contributed by atoms with E-state index in [0.29, 0.717) is 17.2 Å². The molecule has 1 N–H and O–H groups in total. The van der Waals surface area contributed by atoms with Crippen LogP contribution >= 0.6 is 0 Å². The van der Waals surface area contributed by atoms with Crippen molar-refractivity contribution in [2.24, 2.45) is 0 Å². The maximum absolute atomic E-state index is 11.5. The summed E-state index contributed by atoms with van der Waals surface area (Å²) < 4.78 is 15.5. The maximum Gasteiger partial charge on any atom is 0.356 e. The molecule has 1 saturated heterocycles. The number of cyclic esters (lactones) is 1. The van der Waals surface area contributed by atoms with E-state index in [9.17, 15) is 4.79 Å². The number of ether oxygens (including phenoxy) is 3. The lowest BCUT2D eigenvalue weighted by Crippen LogP contribution is -2.16. The fourth-order valence-electron chi connectivity index (χ4n) is 1.81. The van der Waals surface area contributed by atoms with Gasteiger partial charge in [-0.2, -0.15) is 0 Å². The standard InChI is InChI=1S/C13H15NO4/c1-8-14-10(13(15)18-8)7-9-5-4-6-11(16-2)12(9)17-3/h4-8,14H,1-3H3/b10-7-. The second-order valence-electron chi connectivity index (χ2n) is 3.83. The second-order valence-corrected chi connectivity index (χ2v) is 3.83. The lowest BCUT2D eigenvalue weighted by atomic mass is 10.1.